The van der Waals surface area contributed by atoms with Gasteiger partial charge in [0.15, 0.2) is 0 Å². The third-order valence-electron chi connectivity index (χ3n) is 8.24. The van der Waals surface area contributed by atoms with E-state index < -0.39 is 0 Å². The highest BCUT2D eigenvalue weighted by Gasteiger charge is 2.15. The molecule has 3 heteroatoms. The van der Waals surface area contributed by atoms with Gasteiger partial charge in [0.05, 0.1) is 12.2 Å². The Morgan fingerprint density at radius 1 is 0.419 bits per heavy atom. The zero-order valence-electron chi connectivity index (χ0n) is 29.2. The van der Waals surface area contributed by atoms with Crippen LogP contribution < -0.4 is 0 Å². The number of aliphatic hydroxyl groups is 2. The van der Waals surface area contributed by atoms with Crippen molar-refractivity contribution in [1.29, 1.82) is 0 Å². The lowest BCUT2D eigenvalue weighted by Crippen LogP contribution is -2.38. The van der Waals surface area contributed by atoms with E-state index in [2.05, 4.69) is 74.3 Å². The van der Waals surface area contributed by atoms with Crippen LogP contribution in [0.5, 0.6) is 0 Å². The largest absolute Gasteiger partial charge is 0.392 e. The fourth-order valence-electron chi connectivity index (χ4n) is 5.45. The Morgan fingerprint density at radius 3 is 1.14 bits per heavy atom. The molecule has 0 aliphatic carbocycles. The van der Waals surface area contributed by atoms with E-state index in [1.807, 2.05) is 0 Å². The first kappa shape index (κ1) is 41.8. The highest BCUT2D eigenvalue weighted by atomic mass is 16.3. The van der Waals surface area contributed by atoms with Crippen LogP contribution in [0.25, 0.3) is 0 Å². The van der Waals surface area contributed by atoms with Gasteiger partial charge in [-0.05, 0) is 90.0 Å². The van der Waals surface area contributed by atoms with Crippen LogP contribution in [0.15, 0.2) is 48.6 Å². The highest BCUT2D eigenvalue weighted by Crippen LogP contribution is 2.13. The summed E-state index contributed by atoms with van der Waals surface area (Å²) in [4.78, 5) is 2.31. The number of rotatable bonds is 33. The zero-order valence-corrected chi connectivity index (χ0v) is 29.2. The first-order valence-corrected chi connectivity index (χ1v) is 18.8. The van der Waals surface area contributed by atoms with Gasteiger partial charge in [0.25, 0.3) is 0 Å². The number of hydrogen-bond acceptors (Lipinski definition) is 3. The SMILES string of the molecule is CCCCC/C=C\C/C=C\CCCCCCC(O)CN(CCCC)CC(O)CCCCCC/C=C\C/C=C\CCCCC. The molecule has 252 valence electrons. The lowest BCUT2D eigenvalue weighted by atomic mass is 10.1. The average molecular weight is 602 g/mol. The molecule has 0 radical (unpaired) electrons. The number of unbranched alkanes of at least 4 members (excludes halogenated alkanes) is 15. The molecule has 0 aromatic carbocycles. The van der Waals surface area contributed by atoms with Crippen LogP contribution in [-0.2, 0) is 0 Å². The Balaban J connectivity index is 3.88. The smallest absolute Gasteiger partial charge is 0.0667 e. The molecule has 0 aromatic rings. The van der Waals surface area contributed by atoms with E-state index >= 15 is 0 Å². The monoisotopic (exact) mass is 602 g/mol. The van der Waals surface area contributed by atoms with Crippen LogP contribution in [0.4, 0.5) is 0 Å². The first-order valence-electron chi connectivity index (χ1n) is 18.8. The van der Waals surface area contributed by atoms with Crippen LogP contribution >= 0.6 is 0 Å². The molecule has 0 saturated carbocycles. The van der Waals surface area contributed by atoms with Gasteiger partial charge in [-0.2, -0.15) is 0 Å². The highest BCUT2D eigenvalue weighted by molar-refractivity contribution is 4.93. The van der Waals surface area contributed by atoms with Crippen molar-refractivity contribution in [3.8, 4) is 0 Å². The van der Waals surface area contributed by atoms with Crippen LogP contribution in [0.3, 0.4) is 0 Å². The van der Waals surface area contributed by atoms with E-state index in [0.29, 0.717) is 13.1 Å². The number of aliphatic hydroxyl groups excluding tert-OH is 2. The van der Waals surface area contributed by atoms with Gasteiger partial charge >= 0.3 is 0 Å². The standard InChI is InChI=1S/C40H75NO2/c1-4-7-10-12-14-16-18-20-22-24-26-28-30-32-34-39(42)37-41(36-9-6-3)38-40(43)35-33-31-29-27-25-23-21-19-17-15-13-11-8-5-2/h14-17,20-23,39-40,42-43H,4-13,18-19,24-38H2,1-3H3/b16-14-,17-15-,22-20-,23-21-. The molecule has 0 aliphatic heterocycles. The Bertz CT molecular complexity index is 601. The van der Waals surface area contributed by atoms with E-state index in [1.54, 1.807) is 0 Å². The molecular formula is C40H75NO2. The van der Waals surface area contributed by atoms with Crippen molar-refractivity contribution in [2.24, 2.45) is 0 Å². The maximum absolute atomic E-state index is 10.7. The van der Waals surface area contributed by atoms with Crippen molar-refractivity contribution < 1.29 is 10.2 Å². The Kier molecular flexibility index (Phi) is 34.4. The predicted molar refractivity (Wildman–Crippen MR) is 193 cm³/mol. The third-order valence-corrected chi connectivity index (χ3v) is 8.24. The van der Waals surface area contributed by atoms with Crippen molar-refractivity contribution >= 4 is 0 Å². The average Bonchev–Trinajstić information content (AvgIpc) is 3.00. The summed E-state index contributed by atoms with van der Waals surface area (Å²) >= 11 is 0. The van der Waals surface area contributed by atoms with E-state index in [4.69, 9.17) is 0 Å². The topological polar surface area (TPSA) is 43.7 Å². The molecule has 43 heavy (non-hydrogen) atoms. The molecule has 2 N–H and O–H groups in total. The third kappa shape index (κ3) is 33.6. The van der Waals surface area contributed by atoms with E-state index in [-0.39, 0.29) is 12.2 Å². The quantitative estimate of drug-likeness (QED) is 0.0581. The van der Waals surface area contributed by atoms with Crippen molar-refractivity contribution in [3.05, 3.63) is 48.6 Å². The van der Waals surface area contributed by atoms with Gasteiger partial charge < -0.3 is 10.2 Å². The van der Waals surface area contributed by atoms with Gasteiger partial charge in [0.2, 0.25) is 0 Å². The normalized spacial score (nSPS) is 14.0. The second-order valence-electron chi connectivity index (χ2n) is 12.8. The number of allylic oxidation sites excluding steroid dienone is 8. The minimum Gasteiger partial charge on any atom is -0.392 e. The van der Waals surface area contributed by atoms with Crippen LogP contribution in [0.1, 0.15) is 175 Å². The summed E-state index contributed by atoms with van der Waals surface area (Å²) in [6.07, 6.45) is 46.4. The van der Waals surface area contributed by atoms with Crippen molar-refractivity contribution in [3.63, 3.8) is 0 Å². The summed E-state index contributed by atoms with van der Waals surface area (Å²) in [7, 11) is 0. The van der Waals surface area contributed by atoms with Gasteiger partial charge in [0.1, 0.15) is 0 Å². The van der Waals surface area contributed by atoms with Crippen molar-refractivity contribution in [2.75, 3.05) is 19.6 Å². The molecule has 3 nitrogen and oxygen atoms in total. The van der Waals surface area contributed by atoms with E-state index in [1.165, 1.54) is 103 Å². The minimum absolute atomic E-state index is 0.280. The molecular weight excluding hydrogens is 526 g/mol. The first-order chi connectivity index (χ1) is 21.1. The lowest BCUT2D eigenvalue weighted by Gasteiger charge is -2.27. The zero-order chi connectivity index (χ0) is 31.5. The summed E-state index contributed by atoms with van der Waals surface area (Å²) < 4.78 is 0. The predicted octanol–water partition coefficient (Wildman–Crippen LogP) is 11.7. The molecule has 0 spiro atoms. The maximum atomic E-state index is 10.7. The summed E-state index contributed by atoms with van der Waals surface area (Å²) in [5.41, 5.74) is 0. The Hall–Kier alpha value is -1.16. The molecule has 2 unspecified atom stereocenters. The number of hydrogen-bond donors (Lipinski definition) is 2. The molecule has 0 fully saturated rings. The minimum atomic E-state index is -0.280. The van der Waals surface area contributed by atoms with Gasteiger partial charge in [0, 0.05) is 13.1 Å². The summed E-state index contributed by atoms with van der Waals surface area (Å²) in [5, 5.41) is 21.4. The van der Waals surface area contributed by atoms with E-state index in [9.17, 15) is 10.2 Å². The van der Waals surface area contributed by atoms with Gasteiger partial charge in [-0.1, -0.05) is 140 Å². The lowest BCUT2D eigenvalue weighted by molar-refractivity contribution is 0.0599. The Labute approximate surface area is 270 Å². The summed E-state index contributed by atoms with van der Waals surface area (Å²) in [6.45, 7) is 9.10. The van der Waals surface area contributed by atoms with Crippen LogP contribution in [0, 0.1) is 0 Å². The van der Waals surface area contributed by atoms with Crippen LogP contribution in [-0.4, -0.2) is 47.0 Å². The fraction of sp³-hybridized carbons (Fsp3) is 0.800. The van der Waals surface area contributed by atoms with Crippen molar-refractivity contribution in [2.45, 2.75) is 187 Å². The molecule has 0 amide bonds. The van der Waals surface area contributed by atoms with Gasteiger partial charge in [-0.3, -0.25) is 4.90 Å². The second kappa shape index (κ2) is 35.3. The number of nitrogens with zero attached hydrogens (tertiary/aromatic N) is 1. The molecule has 0 bridgehead atoms. The molecule has 0 rings (SSSR count). The summed E-state index contributed by atoms with van der Waals surface area (Å²) in [6, 6.07) is 0. The Morgan fingerprint density at radius 2 is 0.767 bits per heavy atom. The molecule has 0 aromatic heterocycles. The van der Waals surface area contributed by atoms with Crippen molar-refractivity contribution in [1.82, 2.24) is 4.90 Å². The van der Waals surface area contributed by atoms with Gasteiger partial charge in [-0.25, -0.2) is 0 Å². The maximum Gasteiger partial charge on any atom is 0.0667 e. The molecule has 0 saturated heterocycles. The van der Waals surface area contributed by atoms with E-state index in [0.717, 1.165) is 57.9 Å². The van der Waals surface area contributed by atoms with Gasteiger partial charge in [-0.15, -0.1) is 0 Å². The van der Waals surface area contributed by atoms with Crippen LogP contribution in [0.2, 0.25) is 0 Å². The summed E-state index contributed by atoms with van der Waals surface area (Å²) in [5.74, 6) is 0. The molecule has 2 atom stereocenters. The molecule has 0 aliphatic rings. The fourth-order valence-corrected chi connectivity index (χ4v) is 5.45. The molecule has 0 heterocycles. The second-order valence-corrected chi connectivity index (χ2v) is 12.8.